The number of nitrogens with zero attached hydrogens (tertiary/aromatic N) is 1. The number of amides is 1. The van der Waals surface area contributed by atoms with Gasteiger partial charge in [0.25, 0.3) is 5.91 Å². The summed E-state index contributed by atoms with van der Waals surface area (Å²) in [5.74, 6) is 0.495. The second-order valence-corrected chi connectivity index (χ2v) is 8.78. The number of hydrogen-bond donors (Lipinski definition) is 1. The molecule has 2 aromatic rings. The number of ether oxygens (including phenoxy) is 1. The highest BCUT2D eigenvalue weighted by atomic mass is 32.2. The lowest BCUT2D eigenvalue weighted by atomic mass is 10.00. The summed E-state index contributed by atoms with van der Waals surface area (Å²) in [7, 11) is -3.54. The SMILES string of the molecule is O=C(N[C@@H]1CCOc2ccccc21)c1cccc(S(=O)(=O)N2CCCC2)c1. The van der Waals surface area contributed by atoms with Gasteiger partial charge >= 0.3 is 0 Å². The highest BCUT2D eigenvalue weighted by molar-refractivity contribution is 7.89. The van der Waals surface area contributed by atoms with Gasteiger partial charge in [-0.1, -0.05) is 24.3 Å². The van der Waals surface area contributed by atoms with Gasteiger partial charge in [0.15, 0.2) is 0 Å². The van der Waals surface area contributed by atoms with Crippen LogP contribution in [0, 0.1) is 0 Å². The highest BCUT2D eigenvalue weighted by Crippen LogP contribution is 2.31. The predicted octanol–water partition coefficient (Wildman–Crippen LogP) is 2.72. The van der Waals surface area contributed by atoms with Crippen molar-refractivity contribution in [1.82, 2.24) is 9.62 Å². The molecular weight excluding hydrogens is 364 g/mol. The first-order chi connectivity index (χ1) is 13.1. The van der Waals surface area contributed by atoms with E-state index in [1.807, 2.05) is 24.3 Å². The maximum absolute atomic E-state index is 12.8. The van der Waals surface area contributed by atoms with Crippen LogP contribution in [0.2, 0.25) is 0 Å². The summed E-state index contributed by atoms with van der Waals surface area (Å²) in [5.41, 5.74) is 1.29. The van der Waals surface area contributed by atoms with E-state index in [0.717, 1.165) is 24.2 Å². The van der Waals surface area contributed by atoms with Crippen molar-refractivity contribution < 1.29 is 17.9 Å². The Morgan fingerprint density at radius 2 is 1.85 bits per heavy atom. The van der Waals surface area contributed by atoms with Gasteiger partial charge < -0.3 is 10.1 Å². The van der Waals surface area contributed by atoms with E-state index >= 15 is 0 Å². The molecule has 0 bridgehead atoms. The van der Waals surface area contributed by atoms with Crippen molar-refractivity contribution in [2.45, 2.75) is 30.2 Å². The first-order valence-electron chi connectivity index (χ1n) is 9.18. The molecule has 2 aliphatic heterocycles. The van der Waals surface area contributed by atoms with Crippen molar-refractivity contribution in [2.75, 3.05) is 19.7 Å². The van der Waals surface area contributed by atoms with Crippen LogP contribution in [0.15, 0.2) is 53.4 Å². The molecule has 0 aliphatic carbocycles. The largest absolute Gasteiger partial charge is 0.493 e. The van der Waals surface area contributed by atoms with Gasteiger partial charge in [0.1, 0.15) is 5.75 Å². The molecular formula is C20H22N2O4S. The van der Waals surface area contributed by atoms with Gasteiger partial charge in [-0.05, 0) is 37.1 Å². The minimum atomic E-state index is -3.54. The van der Waals surface area contributed by atoms with Gasteiger partial charge in [-0.3, -0.25) is 4.79 Å². The van der Waals surface area contributed by atoms with Gasteiger partial charge in [0.05, 0.1) is 17.5 Å². The zero-order chi connectivity index (χ0) is 18.9. The van der Waals surface area contributed by atoms with Crippen LogP contribution < -0.4 is 10.1 Å². The Morgan fingerprint density at radius 3 is 2.67 bits per heavy atom. The quantitative estimate of drug-likeness (QED) is 0.877. The van der Waals surface area contributed by atoms with Crippen molar-refractivity contribution in [3.63, 3.8) is 0 Å². The van der Waals surface area contributed by atoms with Gasteiger partial charge in [0, 0.05) is 30.6 Å². The maximum atomic E-state index is 12.8. The molecule has 1 N–H and O–H groups in total. The summed E-state index contributed by atoms with van der Waals surface area (Å²) in [5, 5.41) is 3.01. The molecule has 6 nitrogen and oxygen atoms in total. The second kappa shape index (κ2) is 7.32. The zero-order valence-corrected chi connectivity index (χ0v) is 15.7. The standard InChI is InChI=1S/C20H22N2O4S/c23-20(21-18-10-13-26-19-9-2-1-8-17(18)19)15-6-5-7-16(14-15)27(24,25)22-11-3-4-12-22/h1-2,5-9,14,18H,3-4,10-13H2,(H,21,23)/t18-/m1/s1. The topological polar surface area (TPSA) is 75.7 Å². The Kier molecular flexibility index (Phi) is 4.88. The molecule has 0 spiro atoms. The lowest BCUT2D eigenvalue weighted by Gasteiger charge is -2.26. The second-order valence-electron chi connectivity index (χ2n) is 6.84. The molecule has 2 heterocycles. The van der Waals surface area contributed by atoms with E-state index in [2.05, 4.69) is 5.32 Å². The Hall–Kier alpha value is -2.38. The number of para-hydroxylation sites is 1. The van der Waals surface area contributed by atoms with Gasteiger partial charge in [-0.2, -0.15) is 4.31 Å². The summed E-state index contributed by atoms with van der Waals surface area (Å²) in [6, 6.07) is 13.8. The number of rotatable bonds is 4. The predicted molar refractivity (Wildman–Crippen MR) is 101 cm³/mol. The molecule has 2 aliphatic rings. The van der Waals surface area contributed by atoms with Crippen molar-refractivity contribution in [3.8, 4) is 5.75 Å². The molecule has 1 atom stereocenters. The fourth-order valence-electron chi connectivity index (χ4n) is 3.61. The number of benzene rings is 2. The molecule has 142 valence electrons. The molecule has 4 rings (SSSR count). The number of carbonyl (C=O) groups is 1. The molecule has 27 heavy (non-hydrogen) atoms. The first kappa shape index (κ1) is 18.0. The number of carbonyl (C=O) groups excluding carboxylic acids is 1. The van der Waals surface area contributed by atoms with Crippen molar-refractivity contribution in [3.05, 3.63) is 59.7 Å². The fraction of sp³-hybridized carbons (Fsp3) is 0.350. The molecule has 1 saturated heterocycles. The maximum Gasteiger partial charge on any atom is 0.251 e. The van der Waals surface area contributed by atoms with Crippen LogP contribution in [0.4, 0.5) is 0 Å². The van der Waals surface area contributed by atoms with E-state index in [1.54, 1.807) is 18.2 Å². The normalized spacial score (nSPS) is 19.9. The molecule has 0 saturated carbocycles. The number of nitrogens with one attached hydrogen (secondary N) is 1. The average molecular weight is 386 g/mol. The monoisotopic (exact) mass is 386 g/mol. The summed E-state index contributed by atoms with van der Waals surface area (Å²) < 4.78 is 32.6. The van der Waals surface area contributed by atoms with Gasteiger partial charge in [-0.15, -0.1) is 0 Å². The highest BCUT2D eigenvalue weighted by Gasteiger charge is 2.28. The van der Waals surface area contributed by atoms with Gasteiger partial charge in [0.2, 0.25) is 10.0 Å². The van der Waals surface area contributed by atoms with Crippen LogP contribution in [0.1, 0.15) is 41.2 Å². The third-order valence-corrected chi connectivity index (χ3v) is 6.96. The van der Waals surface area contributed by atoms with E-state index in [1.165, 1.54) is 10.4 Å². The molecule has 1 fully saturated rings. The molecule has 7 heteroatoms. The minimum absolute atomic E-state index is 0.152. The van der Waals surface area contributed by atoms with E-state index in [9.17, 15) is 13.2 Å². The molecule has 0 unspecified atom stereocenters. The molecule has 0 aromatic heterocycles. The summed E-state index contributed by atoms with van der Waals surface area (Å²) in [6.45, 7) is 1.61. The lowest BCUT2D eigenvalue weighted by molar-refractivity contribution is 0.0924. The van der Waals surface area contributed by atoms with Crippen LogP contribution in [0.25, 0.3) is 0 Å². The van der Waals surface area contributed by atoms with Crippen LogP contribution >= 0.6 is 0 Å². The summed E-state index contributed by atoms with van der Waals surface area (Å²) >= 11 is 0. The van der Waals surface area contributed by atoms with E-state index in [-0.39, 0.29) is 16.8 Å². The van der Waals surface area contributed by atoms with Crippen LogP contribution in [-0.4, -0.2) is 38.3 Å². The van der Waals surface area contributed by atoms with E-state index < -0.39 is 10.0 Å². The lowest BCUT2D eigenvalue weighted by Crippen LogP contribution is -2.32. The Morgan fingerprint density at radius 1 is 1.07 bits per heavy atom. The van der Waals surface area contributed by atoms with Crippen molar-refractivity contribution in [2.24, 2.45) is 0 Å². The number of hydrogen-bond acceptors (Lipinski definition) is 4. The average Bonchev–Trinajstić information content (AvgIpc) is 3.24. The van der Waals surface area contributed by atoms with E-state index in [4.69, 9.17) is 4.74 Å². The van der Waals surface area contributed by atoms with Crippen LogP contribution in [0.5, 0.6) is 5.75 Å². The van der Waals surface area contributed by atoms with E-state index in [0.29, 0.717) is 31.7 Å². The van der Waals surface area contributed by atoms with Crippen molar-refractivity contribution >= 4 is 15.9 Å². The molecule has 0 radical (unpaired) electrons. The third-order valence-electron chi connectivity index (χ3n) is 5.06. The van der Waals surface area contributed by atoms with Crippen LogP contribution in [-0.2, 0) is 10.0 Å². The Bertz CT molecular complexity index is 952. The van der Waals surface area contributed by atoms with Crippen LogP contribution in [0.3, 0.4) is 0 Å². The van der Waals surface area contributed by atoms with Crippen molar-refractivity contribution in [1.29, 1.82) is 0 Å². The Balaban J connectivity index is 1.55. The summed E-state index contributed by atoms with van der Waals surface area (Å²) in [6.07, 6.45) is 2.43. The molecule has 1 amide bonds. The molecule has 2 aromatic carbocycles. The number of fused-ring (bicyclic) bond motifs is 1. The number of sulfonamides is 1. The fourth-order valence-corrected chi connectivity index (χ4v) is 5.17. The summed E-state index contributed by atoms with van der Waals surface area (Å²) in [4.78, 5) is 12.9. The van der Waals surface area contributed by atoms with Gasteiger partial charge in [-0.25, -0.2) is 8.42 Å². The first-order valence-corrected chi connectivity index (χ1v) is 10.6. The minimum Gasteiger partial charge on any atom is -0.493 e. The smallest absolute Gasteiger partial charge is 0.251 e. The third kappa shape index (κ3) is 3.57. The Labute approximate surface area is 159 Å². The zero-order valence-electron chi connectivity index (χ0n) is 14.9.